The molecule has 54 valence electrons. The van der Waals surface area contributed by atoms with Gasteiger partial charge in [0.1, 0.15) is 0 Å². The topological polar surface area (TPSA) is 29.5 Å². The molecule has 0 fully saturated rings. The summed E-state index contributed by atoms with van der Waals surface area (Å²) in [6.07, 6.45) is 7.47. The third kappa shape index (κ3) is 1.37. The fraction of sp³-hybridized carbons (Fsp3) is 0.286. The van der Waals surface area contributed by atoms with Gasteiger partial charge in [0.15, 0.2) is 6.23 Å². The van der Waals surface area contributed by atoms with Crippen LogP contribution in [0.3, 0.4) is 0 Å². The van der Waals surface area contributed by atoms with Gasteiger partial charge in [0, 0.05) is 7.05 Å². The Kier molecular flexibility index (Phi) is 2.10. The Bertz CT molecular complexity index is 174. The van der Waals surface area contributed by atoms with Gasteiger partial charge in [-0.05, 0) is 12.2 Å². The minimum atomic E-state index is -0.234. The summed E-state index contributed by atoms with van der Waals surface area (Å²) in [5, 5.41) is 0. The molecule has 1 rings (SSSR count). The maximum atomic E-state index is 10.2. The van der Waals surface area contributed by atoms with Crippen molar-refractivity contribution in [1.82, 2.24) is 4.90 Å². The van der Waals surface area contributed by atoms with E-state index in [0.29, 0.717) is 0 Å². The molecule has 0 N–H and O–H groups in total. The van der Waals surface area contributed by atoms with Crippen molar-refractivity contribution in [3.05, 3.63) is 24.5 Å². The fourth-order valence-corrected chi connectivity index (χ4v) is 0.668. The number of ether oxygens (including phenoxy) is 1. The van der Waals surface area contributed by atoms with Crippen LogP contribution in [-0.2, 0) is 9.53 Å². The molecule has 0 saturated heterocycles. The van der Waals surface area contributed by atoms with E-state index in [2.05, 4.69) is 0 Å². The lowest BCUT2D eigenvalue weighted by Crippen LogP contribution is -2.30. The minimum Gasteiger partial charge on any atom is -0.474 e. The molecule has 0 aromatic heterocycles. The quantitative estimate of drug-likeness (QED) is 0.521. The van der Waals surface area contributed by atoms with Crippen LogP contribution >= 0.6 is 0 Å². The van der Waals surface area contributed by atoms with Crippen LogP contribution in [0.15, 0.2) is 24.5 Å². The fourth-order valence-electron chi connectivity index (χ4n) is 0.668. The van der Waals surface area contributed by atoms with Crippen LogP contribution in [0.2, 0.25) is 0 Å². The second-order valence-electron chi connectivity index (χ2n) is 2.01. The number of carbonyl (C=O) groups excluding carboxylic acids is 1. The molecule has 0 aromatic rings. The number of hydrogen-bond donors (Lipinski definition) is 0. The SMILES string of the molecule is CN(C=O)C1C=CC=CO1. The van der Waals surface area contributed by atoms with Gasteiger partial charge in [-0.15, -0.1) is 0 Å². The highest BCUT2D eigenvalue weighted by molar-refractivity contribution is 5.47. The average molecular weight is 139 g/mol. The summed E-state index contributed by atoms with van der Waals surface area (Å²) in [5.74, 6) is 0. The molecule has 3 nitrogen and oxygen atoms in total. The summed E-state index contributed by atoms with van der Waals surface area (Å²) in [4.78, 5) is 11.6. The lowest BCUT2D eigenvalue weighted by atomic mass is 10.4. The van der Waals surface area contributed by atoms with E-state index in [1.807, 2.05) is 6.08 Å². The zero-order valence-corrected chi connectivity index (χ0v) is 5.73. The molecule has 0 aliphatic carbocycles. The molecule has 1 aliphatic rings. The van der Waals surface area contributed by atoms with Gasteiger partial charge in [-0.3, -0.25) is 4.79 Å². The summed E-state index contributed by atoms with van der Waals surface area (Å²) in [6.45, 7) is 0. The van der Waals surface area contributed by atoms with Crippen LogP contribution in [0, 0.1) is 0 Å². The van der Waals surface area contributed by atoms with Crippen LogP contribution in [0.4, 0.5) is 0 Å². The summed E-state index contributed by atoms with van der Waals surface area (Å²) in [7, 11) is 1.67. The van der Waals surface area contributed by atoms with E-state index in [9.17, 15) is 4.79 Å². The maximum absolute atomic E-state index is 10.2. The molecule has 10 heavy (non-hydrogen) atoms. The van der Waals surface area contributed by atoms with Gasteiger partial charge in [0.25, 0.3) is 0 Å². The molecule has 0 aromatic carbocycles. The predicted octanol–water partition coefficient (Wildman–Crippen LogP) is 0.501. The van der Waals surface area contributed by atoms with Crippen molar-refractivity contribution in [2.75, 3.05) is 7.05 Å². The third-order valence-electron chi connectivity index (χ3n) is 1.25. The second-order valence-corrected chi connectivity index (χ2v) is 2.01. The smallest absolute Gasteiger partial charge is 0.212 e. The van der Waals surface area contributed by atoms with Crippen molar-refractivity contribution in [2.45, 2.75) is 6.23 Å². The Morgan fingerprint density at radius 1 is 1.60 bits per heavy atom. The molecule has 0 bridgehead atoms. The molecule has 3 heteroatoms. The van der Waals surface area contributed by atoms with E-state index < -0.39 is 0 Å². The summed E-state index contributed by atoms with van der Waals surface area (Å²) in [5.41, 5.74) is 0. The Balaban J connectivity index is 2.50. The van der Waals surface area contributed by atoms with Gasteiger partial charge in [0.2, 0.25) is 6.41 Å². The van der Waals surface area contributed by atoms with Crippen molar-refractivity contribution >= 4 is 6.41 Å². The Labute approximate surface area is 59.6 Å². The number of rotatable bonds is 2. The largest absolute Gasteiger partial charge is 0.474 e. The molecular weight excluding hydrogens is 130 g/mol. The highest BCUT2D eigenvalue weighted by atomic mass is 16.5. The lowest BCUT2D eigenvalue weighted by molar-refractivity contribution is -0.123. The zero-order chi connectivity index (χ0) is 7.40. The predicted molar refractivity (Wildman–Crippen MR) is 37.0 cm³/mol. The molecule has 1 heterocycles. The van der Waals surface area contributed by atoms with E-state index in [4.69, 9.17) is 4.74 Å². The third-order valence-corrected chi connectivity index (χ3v) is 1.25. The van der Waals surface area contributed by atoms with Crippen LogP contribution < -0.4 is 0 Å². The monoisotopic (exact) mass is 139 g/mol. The van der Waals surface area contributed by atoms with Gasteiger partial charge in [-0.1, -0.05) is 6.08 Å². The number of allylic oxidation sites excluding steroid dienone is 2. The Morgan fingerprint density at radius 2 is 2.40 bits per heavy atom. The second kappa shape index (κ2) is 3.06. The van der Waals surface area contributed by atoms with Crippen molar-refractivity contribution in [2.24, 2.45) is 0 Å². The van der Waals surface area contributed by atoms with Gasteiger partial charge in [0.05, 0.1) is 6.26 Å². The normalized spacial score (nSPS) is 21.9. The van der Waals surface area contributed by atoms with Crippen molar-refractivity contribution in [3.8, 4) is 0 Å². The molecule has 1 unspecified atom stereocenters. The molecule has 1 aliphatic heterocycles. The molecule has 0 radical (unpaired) electrons. The summed E-state index contributed by atoms with van der Waals surface area (Å²) in [6, 6.07) is 0. The number of likely N-dealkylation sites (N-methyl/N-ethyl adjacent to an activating group) is 1. The lowest BCUT2D eigenvalue weighted by Gasteiger charge is -2.21. The zero-order valence-electron chi connectivity index (χ0n) is 5.73. The summed E-state index contributed by atoms with van der Waals surface area (Å²) >= 11 is 0. The first-order valence-corrected chi connectivity index (χ1v) is 3.00. The first-order chi connectivity index (χ1) is 4.84. The van der Waals surface area contributed by atoms with Crippen LogP contribution in [0.25, 0.3) is 0 Å². The number of amides is 1. The minimum absolute atomic E-state index is 0.234. The van der Waals surface area contributed by atoms with Crippen LogP contribution in [0.1, 0.15) is 0 Å². The van der Waals surface area contributed by atoms with E-state index in [1.165, 1.54) is 4.90 Å². The van der Waals surface area contributed by atoms with Crippen LogP contribution in [0.5, 0.6) is 0 Å². The number of nitrogens with zero attached hydrogens (tertiary/aromatic N) is 1. The van der Waals surface area contributed by atoms with Gasteiger partial charge < -0.3 is 9.64 Å². The molecular formula is C7H9NO2. The van der Waals surface area contributed by atoms with Crippen molar-refractivity contribution < 1.29 is 9.53 Å². The van der Waals surface area contributed by atoms with Gasteiger partial charge in [-0.2, -0.15) is 0 Å². The number of carbonyl (C=O) groups is 1. The summed E-state index contributed by atoms with van der Waals surface area (Å²) < 4.78 is 5.06. The first-order valence-electron chi connectivity index (χ1n) is 3.00. The Morgan fingerprint density at radius 3 is 2.90 bits per heavy atom. The van der Waals surface area contributed by atoms with Crippen molar-refractivity contribution in [3.63, 3.8) is 0 Å². The average Bonchev–Trinajstić information content (AvgIpc) is 2.05. The van der Waals surface area contributed by atoms with E-state index in [0.717, 1.165) is 6.41 Å². The van der Waals surface area contributed by atoms with Crippen molar-refractivity contribution in [1.29, 1.82) is 0 Å². The molecule has 0 saturated carbocycles. The Hall–Kier alpha value is -1.25. The number of hydrogen-bond acceptors (Lipinski definition) is 2. The highest BCUT2D eigenvalue weighted by Crippen LogP contribution is 2.03. The first kappa shape index (κ1) is 6.86. The maximum Gasteiger partial charge on any atom is 0.212 e. The standard InChI is InChI=1S/C7H9NO2/c1-8(6-9)7-4-2-3-5-10-7/h2-7H,1H3. The molecule has 1 amide bonds. The van der Waals surface area contributed by atoms with Gasteiger partial charge in [-0.25, -0.2) is 0 Å². The van der Waals surface area contributed by atoms with Crippen LogP contribution in [-0.4, -0.2) is 24.6 Å². The highest BCUT2D eigenvalue weighted by Gasteiger charge is 2.08. The van der Waals surface area contributed by atoms with Gasteiger partial charge >= 0.3 is 0 Å². The molecule has 1 atom stereocenters. The molecule has 0 spiro atoms. The van der Waals surface area contributed by atoms with E-state index >= 15 is 0 Å². The van der Waals surface area contributed by atoms with E-state index in [1.54, 1.807) is 25.5 Å². The van der Waals surface area contributed by atoms with E-state index in [-0.39, 0.29) is 6.23 Å².